The molecule has 5 heteroatoms. The Bertz CT molecular complexity index is 268. The van der Waals surface area contributed by atoms with Gasteiger partial charge >= 0.3 is 0 Å². The predicted octanol–water partition coefficient (Wildman–Crippen LogP) is 4.91. The number of unbranched alkanes of at least 4 members (excludes halogenated alkanes) is 2. The van der Waals surface area contributed by atoms with Crippen LogP contribution in [0.3, 0.4) is 0 Å². The van der Waals surface area contributed by atoms with E-state index >= 15 is 0 Å². The second-order valence-corrected chi connectivity index (χ2v) is 7.63. The van der Waals surface area contributed by atoms with Gasteiger partial charge in [-0.2, -0.15) is 0 Å². The normalized spacial score (nSPS) is 11.8. The van der Waals surface area contributed by atoms with Crippen LogP contribution >= 0.6 is 21.6 Å². The van der Waals surface area contributed by atoms with Crippen molar-refractivity contribution in [2.24, 2.45) is 10.7 Å². The van der Waals surface area contributed by atoms with Crippen LogP contribution in [0.4, 0.5) is 0 Å². The molecular formula is C15H31N3S2. The summed E-state index contributed by atoms with van der Waals surface area (Å²) < 4.78 is 0. The van der Waals surface area contributed by atoms with Gasteiger partial charge in [-0.1, -0.05) is 48.3 Å². The van der Waals surface area contributed by atoms with E-state index in [0.29, 0.717) is 0 Å². The van der Waals surface area contributed by atoms with E-state index in [9.17, 15) is 0 Å². The number of nitrogens with zero attached hydrogens (tertiary/aromatic N) is 1. The highest BCUT2D eigenvalue weighted by molar-refractivity contribution is 8.76. The van der Waals surface area contributed by atoms with E-state index in [1.807, 2.05) is 21.6 Å². The lowest BCUT2D eigenvalue weighted by Gasteiger charge is -2.03. The third-order valence-corrected chi connectivity index (χ3v) is 5.37. The van der Waals surface area contributed by atoms with Crippen molar-refractivity contribution < 1.29 is 0 Å². The van der Waals surface area contributed by atoms with Gasteiger partial charge in [0, 0.05) is 23.6 Å². The first-order valence-electron chi connectivity index (χ1n) is 7.80. The van der Waals surface area contributed by atoms with Crippen LogP contribution in [0.1, 0.15) is 65.2 Å². The second-order valence-electron chi connectivity index (χ2n) is 4.93. The van der Waals surface area contributed by atoms with Crippen molar-refractivity contribution in [3.05, 3.63) is 0 Å². The molecule has 3 nitrogen and oxygen atoms in total. The largest absolute Gasteiger partial charge is 0.387 e. The third-order valence-electron chi connectivity index (χ3n) is 2.90. The molecule has 0 saturated carbocycles. The molecule has 0 aromatic heterocycles. The van der Waals surface area contributed by atoms with Crippen LogP contribution < -0.4 is 5.73 Å². The molecule has 0 rings (SSSR count). The number of hydrogen-bond donors (Lipinski definition) is 2. The highest BCUT2D eigenvalue weighted by Crippen LogP contribution is 2.22. The lowest BCUT2D eigenvalue weighted by atomic mass is 10.1. The topological polar surface area (TPSA) is 62.2 Å². The zero-order chi connectivity index (χ0) is 15.1. The summed E-state index contributed by atoms with van der Waals surface area (Å²) >= 11 is 0. The van der Waals surface area contributed by atoms with Crippen LogP contribution in [0.5, 0.6) is 0 Å². The first-order chi connectivity index (χ1) is 9.70. The Balaban J connectivity index is 3.30. The highest BCUT2D eigenvalue weighted by Gasteiger charge is 1.98. The quantitative estimate of drug-likeness (QED) is 0.207. The summed E-state index contributed by atoms with van der Waals surface area (Å²) in [6.07, 6.45) is 8.69. The van der Waals surface area contributed by atoms with Gasteiger partial charge in [-0.25, -0.2) is 0 Å². The van der Waals surface area contributed by atoms with Gasteiger partial charge in [0.25, 0.3) is 0 Å². The van der Waals surface area contributed by atoms with Crippen LogP contribution in [0.25, 0.3) is 0 Å². The average Bonchev–Trinajstić information content (AvgIpc) is 2.45. The van der Waals surface area contributed by atoms with Crippen molar-refractivity contribution in [1.29, 1.82) is 5.41 Å². The fourth-order valence-corrected chi connectivity index (χ4v) is 3.59. The van der Waals surface area contributed by atoms with Crippen molar-refractivity contribution in [2.45, 2.75) is 65.2 Å². The molecule has 0 heterocycles. The highest BCUT2D eigenvalue weighted by atomic mass is 33.1. The molecule has 0 aromatic rings. The maximum Gasteiger partial charge on any atom is 0.0937 e. The minimum atomic E-state index is 0.807. The van der Waals surface area contributed by atoms with Crippen molar-refractivity contribution in [3.63, 3.8) is 0 Å². The van der Waals surface area contributed by atoms with Crippen molar-refractivity contribution in [1.82, 2.24) is 0 Å². The van der Waals surface area contributed by atoms with E-state index in [-0.39, 0.29) is 0 Å². The minimum Gasteiger partial charge on any atom is -0.387 e. The van der Waals surface area contributed by atoms with Gasteiger partial charge in [-0.3, -0.25) is 4.99 Å². The summed E-state index contributed by atoms with van der Waals surface area (Å²) in [6, 6.07) is 0. The standard InChI is InChI=1S/C15H31N3S2/c1-3-5-8-14(16)9-7-12-19-20-13-11-18-15(17)10-6-4-2/h16H,3-13H2,1-2H3,(H2,17,18). The zero-order valence-electron chi connectivity index (χ0n) is 13.1. The number of aliphatic imine (C=N–C) groups is 1. The van der Waals surface area contributed by atoms with E-state index in [1.165, 1.54) is 12.8 Å². The van der Waals surface area contributed by atoms with Crippen LogP contribution in [-0.2, 0) is 0 Å². The van der Waals surface area contributed by atoms with Crippen LogP contribution in [0, 0.1) is 5.41 Å². The molecule has 0 radical (unpaired) electrons. The van der Waals surface area contributed by atoms with Crippen molar-refractivity contribution >= 4 is 33.1 Å². The Kier molecular flexibility index (Phi) is 15.1. The molecule has 0 amide bonds. The Hall–Kier alpha value is -0.160. The fourth-order valence-electron chi connectivity index (χ4n) is 1.64. The molecule has 0 spiro atoms. The van der Waals surface area contributed by atoms with Gasteiger partial charge in [0.1, 0.15) is 0 Å². The number of amidine groups is 1. The van der Waals surface area contributed by atoms with Crippen LogP contribution in [0.15, 0.2) is 4.99 Å². The summed E-state index contributed by atoms with van der Waals surface area (Å²) in [5.41, 5.74) is 6.73. The predicted molar refractivity (Wildman–Crippen MR) is 97.4 cm³/mol. The summed E-state index contributed by atoms with van der Waals surface area (Å²) in [5.74, 6) is 2.97. The molecule has 0 atom stereocenters. The number of rotatable bonds is 14. The molecular weight excluding hydrogens is 286 g/mol. The number of nitrogens with two attached hydrogens (primary N) is 1. The van der Waals surface area contributed by atoms with Crippen LogP contribution in [-0.4, -0.2) is 29.6 Å². The van der Waals surface area contributed by atoms with E-state index in [1.54, 1.807) is 0 Å². The smallest absolute Gasteiger partial charge is 0.0937 e. The molecule has 0 aromatic carbocycles. The third kappa shape index (κ3) is 14.3. The molecule has 0 aliphatic heterocycles. The first kappa shape index (κ1) is 19.8. The van der Waals surface area contributed by atoms with Crippen molar-refractivity contribution in [2.75, 3.05) is 18.1 Å². The molecule has 0 unspecified atom stereocenters. The molecule has 3 N–H and O–H groups in total. The molecule has 0 aliphatic rings. The average molecular weight is 318 g/mol. The molecule has 0 bridgehead atoms. The molecule has 0 aliphatic carbocycles. The van der Waals surface area contributed by atoms with Crippen molar-refractivity contribution in [3.8, 4) is 0 Å². The summed E-state index contributed by atoms with van der Waals surface area (Å²) in [4.78, 5) is 4.37. The molecule has 20 heavy (non-hydrogen) atoms. The number of hydrogen-bond acceptors (Lipinski definition) is 4. The monoisotopic (exact) mass is 317 g/mol. The Morgan fingerprint density at radius 3 is 2.25 bits per heavy atom. The van der Waals surface area contributed by atoms with E-state index < -0.39 is 0 Å². The van der Waals surface area contributed by atoms with Gasteiger partial charge in [0.2, 0.25) is 0 Å². The SMILES string of the molecule is CCCCC(=N)CCCSSCCN=C(N)CCCC. The van der Waals surface area contributed by atoms with Crippen LogP contribution in [0.2, 0.25) is 0 Å². The lowest BCUT2D eigenvalue weighted by Crippen LogP contribution is -2.12. The minimum absolute atomic E-state index is 0.807. The van der Waals surface area contributed by atoms with E-state index in [4.69, 9.17) is 11.1 Å². The van der Waals surface area contributed by atoms with E-state index in [0.717, 1.165) is 68.1 Å². The van der Waals surface area contributed by atoms with Gasteiger partial charge in [0.05, 0.1) is 12.4 Å². The second kappa shape index (κ2) is 15.2. The maximum absolute atomic E-state index is 7.79. The Morgan fingerprint density at radius 2 is 1.55 bits per heavy atom. The molecule has 0 fully saturated rings. The fraction of sp³-hybridized carbons (Fsp3) is 0.867. The van der Waals surface area contributed by atoms with Gasteiger partial charge in [0.15, 0.2) is 0 Å². The van der Waals surface area contributed by atoms with Gasteiger partial charge < -0.3 is 11.1 Å². The Morgan fingerprint density at radius 1 is 0.950 bits per heavy atom. The lowest BCUT2D eigenvalue weighted by molar-refractivity contribution is 0.813. The number of nitrogens with one attached hydrogen (secondary N) is 1. The summed E-state index contributed by atoms with van der Waals surface area (Å²) in [5, 5.41) is 7.79. The summed E-state index contributed by atoms with van der Waals surface area (Å²) in [7, 11) is 3.77. The van der Waals surface area contributed by atoms with Gasteiger partial charge in [-0.05, 0) is 32.1 Å². The molecule has 118 valence electrons. The Labute approximate surface area is 132 Å². The summed E-state index contributed by atoms with van der Waals surface area (Å²) in [6.45, 7) is 5.18. The van der Waals surface area contributed by atoms with E-state index in [2.05, 4.69) is 18.8 Å². The van der Waals surface area contributed by atoms with Gasteiger partial charge in [-0.15, -0.1) is 0 Å². The zero-order valence-corrected chi connectivity index (χ0v) is 14.8. The first-order valence-corrected chi connectivity index (χ1v) is 10.3. The molecule has 0 saturated heterocycles. The maximum atomic E-state index is 7.79.